The van der Waals surface area contributed by atoms with Gasteiger partial charge in [0.2, 0.25) is 0 Å². The maximum Gasteiger partial charge on any atom is 0.195 e. The summed E-state index contributed by atoms with van der Waals surface area (Å²) in [6.45, 7) is 6.02. The van der Waals surface area contributed by atoms with Gasteiger partial charge >= 0.3 is 0 Å². The Bertz CT molecular complexity index is 671. The molecular weight excluding hydrogens is 320 g/mol. The standard InChI is InChI=1S/C18H24N4OS/c1-14-13-23-11-9-21(14)10-12-24-18-20-19-17(15-7-8-15)22(18)16-5-3-2-4-6-16/h2-6,14-15H,7-13H2,1H3/t14-/m0/s1. The Balaban J connectivity index is 1.47. The summed E-state index contributed by atoms with van der Waals surface area (Å²) in [5, 5.41) is 10.00. The Kier molecular flexibility index (Phi) is 4.87. The van der Waals surface area contributed by atoms with Crippen LogP contribution in [0.2, 0.25) is 0 Å². The summed E-state index contributed by atoms with van der Waals surface area (Å²) < 4.78 is 7.77. The van der Waals surface area contributed by atoms with E-state index in [4.69, 9.17) is 4.74 Å². The fraction of sp³-hybridized carbons (Fsp3) is 0.556. The third-order valence-corrected chi connectivity index (χ3v) is 5.64. The summed E-state index contributed by atoms with van der Waals surface area (Å²) in [5.41, 5.74) is 1.17. The van der Waals surface area contributed by atoms with E-state index >= 15 is 0 Å². The van der Waals surface area contributed by atoms with E-state index in [9.17, 15) is 0 Å². The Labute approximate surface area is 147 Å². The first kappa shape index (κ1) is 16.1. The molecule has 2 aliphatic rings. The second kappa shape index (κ2) is 7.25. The summed E-state index contributed by atoms with van der Waals surface area (Å²) in [6, 6.07) is 11.0. The van der Waals surface area contributed by atoms with Crippen molar-refractivity contribution in [1.82, 2.24) is 19.7 Å². The van der Waals surface area contributed by atoms with Crippen molar-refractivity contribution in [2.75, 3.05) is 32.1 Å². The molecule has 2 aromatic rings. The molecule has 2 heterocycles. The Morgan fingerprint density at radius 1 is 1.21 bits per heavy atom. The number of para-hydroxylation sites is 1. The van der Waals surface area contributed by atoms with E-state index in [0.29, 0.717) is 12.0 Å². The number of hydrogen-bond donors (Lipinski definition) is 0. The van der Waals surface area contributed by atoms with Crippen LogP contribution in [0.25, 0.3) is 5.69 Å². The van der Waals surface area contributed by atoms with E-state index in [2.05, 4.69) is 56.9 Å². The number of rotatable bonds is 6. The summed E-state index contributed by atoms with van der Waals surface area (Å²) in [5.74, 6) is 2.75. The van der Waals surface area contributed by atoms with Gasteiger partial charge in [0.25, 0.3) is 0 Å². The van der Waals surface area contributed by atoms with Gasteiger partial charge in [0, 0.05) is 36.5 Å². The molecule has 0 spiro atoms. The van der Waals surface area contributed by atoms with E-state index in [1.807, 2.05) is 11.8 Å². The lowest BCUT2D eigenvalue weighted by atomic mass is 10.2. The van der Waals surface area contributed by atoms with Gasteiger partial charge in [-0.2, -0.15) is 0 Å². The molecule has 2 fully saturated rings. The minimum atomic E-state index is 0.508. The molecule has 0 N–H and O–H groups in total. The number of nitrogens with zero attached hydrogens (tertiary/aromatic N) is 4. The van der Waals surface area contributed by atoms with Crippen molar-refractivity contribution >= 4 is 11.8 Å². The molecule has 6 heteroatoms. The lowest BCUT2D eigenvalue weighted by Crippen LogP contribution is -2.44. The third kappa shape index (κ3) is 3.50. The first-order valence-corrected chi connectivity index (χ1v) is 9.77. The molecular formula is C18H24N4OS. The van der Waals surface area contributed by atoms with Crippen LogP contribution in [-0.4, -0.2) is 57.8 Å². The maximum atomic E-state index is 5.52. The molecule has 1 aliphatic heterocycles. The van der Waals surface area contributed by atoms with Gasteiger partial charge < -0.3 is 4.74 Å². The van der Waals surface area contributed by atoms with E-state index in [0.717, 1.165) is 43.0 Å². The Hall–Kier alpha value is -1.37. The van der Waals surface area contributed by atoms with Crippen LogP contribution in [0.1, 0.15) is 31.5 Å². The number of benzene rings is 1. The molecule has 4 rings (SSSR count). The highest BCUT2D eigenvalue weighted by Crippen LogP contribution is 2.41. The summed E-state index contributed by atoms with van der Waals surface area (Å²) in [4.78, 5) is 2.50. The van der Waals surface area contributed by atoms with Crippen molar-refractivity contribution in [2.45, 2.75) is 36.9 Å². The molecule has 1 saturated heterocycles. The SMILES string of the molecule is C[C@H]1COCCN1CCSc1nnc(C2CC2)n1-c1ccccc1. The zero-order valence-corrected chi connectivity index (χ0v) is 14.9. The summed E-state index contributed by atoms with van der Waals surface area (Å²) in [6.07, 6.45) is 2.47. The van der Waals surface area contributed by atoms with E-state index in [1.165, 1.54) is 18.5 Å². The summed E-state index contributed by atoms with van der Waals surface area (Å²) >= 11 is 1.81. The van der Waals surface area contributed by atoms with Crippen molar-refractivity contribution in [3.63, 3.8) is 0 Å². The normalized spacial score (nSPS) is 22.0. The fourth-order valence-electron chi connectivity index (χ4n) is 3.15. The molecule has 1 atom stereocenters. The van der Waals surface area contributed by atoms with Gasteiger partial charge in [-0.15, -0.1) is 10.2 Å². The van der Waals surface area contributed by atoms with Crippen LogP contribution in [0.4, 0.5) is 0 Å². The van der Waals surface area contributed by atoms with Crippen LogP contribution < -0.4 is 0 Å². The first-order chi connectivity index (χ1) is 11.8. The molecule has 1 aromatic heterocycles. The first-order valence-electron chi connectivity index (χ1n) is 8.78. The smallest absolute Gasteiger partial charge is 0.195 e. The van der Waals surface area contributed by atoms with Crippen molar-refractivity contribution in [1.29, 1.82) is 0 Å². The predicted octanol–water partition coefficient (Wildman–Crippen LogP) is 2.96. The molecule has 0 radical (unpaired) electrons. The van der Waals surface area contributed by atoms with E-state index in [1.54, 1.807) is 0 Å². The van der Waals surface area contributed by atoms with Crippen LogP contribution >= 0.6 is 11.8 Å². The van der Waals surface area contributed by atoms with Crippen LogP contribution in [0, 0.1) is 0 Å². The number of ether oxygens (including phenoxy) is 1. The highest BCUT2D eigenvalue weighted by Gasteiger charge is 2.31. The second-order valence-corrected chi connectivity index (χ2v) is 7.66. The number of aromatic nitrogens is 3. The minimum Gasteiger partial charge on any atom is -0.379 e. The predicted molar refractivity (Wildman–Crippen MR) is 95.9 cm³/mol. The zero-order chi connectivity index (χ0) is 16.4. The van der Waals surface area contributed by atoms with E-state index < -0.39 is 0 Å². The highest BCUT2D eigenvalue weighted by atomic mass is 32.2. The van der Waals surface area contributed by atoms with Gasteiger partial charge in [-0.25, -0.2) is 0 Å². The molecule has 0 unspecified atom stereocenters. The molecule has 1 aromatic carbocycles. The quantitative estimate of drug-likeness (QED) is 0.754. The molecule has 1 aliphatic carbocycles. The number of hydrogen-bond acceptors (Lipinski definition) is 5. The van der Waals surface area contributed by atoms with Crippen molar-refractivity contribution in [3.05, 3.63) is 36.2 Å². The molecule has 0 amide bonds. The average molecular weight is 344 g/mol. The largest absolute Gasteiger partial charge is 0.379 e. The lowest BCUT2D eigenvalue weighted by molar-refractivity contribution is 0.00298. The topological polar surface area (TPSA) is 43.2 Å². The maximum absolute atomic E-state index is 5.52. The van der Waals surface area contributed by atoms with Gasteiger partial charge in [-0.05, 0) is 31.9 Å². The second-order valence-electron chi connectivity index (χ2n) is 6.59. The van der Waals surface area contributed by atoms with Crippen LogP contribution in [0.5, 0.6) is 0 Å². The number of thioether (sulfide) groups is 1. The zero-order valence-electron chi connectivity index (χ0n) is 14.1. The molecule has 24 heavy (non-hydrogen) atoms. The monoisotopic (exact) mass is 344 g/mol. The molecule has 128 valence electrons. The van der Waals surface area contributed by atoms with Gasteiger partial charge in [0.1, 0.15) is 5.82 Å². The highest BCUT2D eigenvalue weighted by molar-refractivity contribution is 7.99. The Morgan fingerprint density at radius 3 is 2.79 bits per heavy atom. The molecule has 1 saturated carbocycles. The fourth-order valence-corrected chi connectivity index (χ4v) is 4.08. The summed E-state index contributed by atoms with van der Waals surface area (Å²) in [7, 11) is 0. The van der Waals surface area contributed by atoms with Crippen LogP contribution in [0.3, 0.4) is 0 Å². The van der Waals surface area contributed by atoms with Crippen molar-refractivity contribution in [3.8, 4) is 5.69 Å². The van der Waals surface area contributed by atoms with Gasteiger partial charge in [-0.3, -0.25) is 9.47 Å². The minimum absolute atomic E-state index is 0.508. The van der Waals surface area contributed by atoms with Crippen LogP contribution in [0.15, 0.2) is 35.5 Å². The van der Waals surface area contributed by atoms with Crippen molar-refractivity contribution in [2.24, 2.45) is 0 Å². The Morgan fingerprint density at radius 2 is 2.04 bits per heavy atom. The van der Waals surface area contributed by atoms with Gasteiger partial charge in [0.05, 0.1) is 13.2 Å². The number of morpholine rings is 1. The van der Waals surface area contributed by atoms with Gasteiger partial charge in [0.15, 0.2) is 5.16 Å². The van der Waals surface area contributed by atoms with Crippen molar-refractivity contribution < 1.29 is 4.74 Å². The van der Waals surface area contributed by atoms with Gasteiger partial charge in [-0.1, -0.05) is 30.0 Å². The lowest BCUT2D eigenvalue weighted by Gasteiger charge is -2.32. The van der Waals surface area contributed by atoms with E-state index in [-0.39, 0.29) is 0 Å². The molecule has 0 bridgehead atoms. The third-order valence-electron chi connectivity index (χ3n) is 4.73. The molecule has 5 nitrogen and oxygen atoms in total. The van der Waals surface area contributed by atoms with Crippen LogP contribution in [-0.2, 0) is 4.74 Å². The average Bonchev–Trinajstić information content (AvgIpc) is 3.38.